The number of aromatic nitrogens is 1. The van der Waals surface area contributed by atoms with E-state index in [4.69, 9.17) is 9.15 Å². The van der Waals surface area contributed by atoms with Gasteiger partial charge in [-0.05, 0) is 55.3 Å². The van der Waals surface area contributed by atoms with Gasteiger partial charge in [-0.2, -0.15) is 0 Å². The fourth-order valence-corrected chi connectivity index (χ4v) is 3.71. The van der Waals surface area contributed by atoms with E-state index < -0.39 is 0 Å². The molecule has 1 aliphatic heterocycles. The van der Waals surface area contributed by atoms with Crippen LogP contribution in [0.15, 0.2) is 65.4 Å². The number of hydrogen-bond donors (Lipinski definition) is 0. The minimum atomic E-state index is 0.221. The molecule has 0 fully saturated rings. The van der Waals surface area contributed by atoms with Crippen LogP contribution in [0, 0.1) is 0 Å². The molecule has 4 heteroatoms. The first-order valence-corrected chi connectivity index (χ1v) is 8.99. The van der Waals surface area contributed by atoms with E-state index in [2.05, 4.69) is 58.1 Å². The van der Waals surface area contributed by atoms with Crippen LogP contribution in [-0.2, 0) is 13.1 Å². The Kier molecular flexibility index (Phi) is 4.61. The van der Waals surface area contributed by atoms with Crippen molar-refractivity contribution in [3.8, 4) is 5.75 Å². The van der Waals surface area contributed by atoms with E-state index in [9.17, 15) is 0 Å². The average Bonchev–Trinajstić information content (AvgIpc) is 3.26. The first kappa shape index (κ1) is 16.0. The first-order chi connectivity index (χ1) is 12.3. The zero-order valence-electron chi connectivity index (χ0n) is 14.6. The molecule has 25 heavy (non-hydrogen) atoms. The molecule has 0 saturated heterocycles. The van der Waals surface area contributed by atoms with Crippen molar-refractivity contribution in [3.05, 3.63) is 78.0 Å². The number of rotatable bonds is 5. The Morgan fingerprint density at radius 2 is 1.96 bits per heavy atom. The fourth-order valence-electron chi connectivity index (χ4n) is 3.71. The molecule has 0 saturated carbocycles. The van der Waals surface area contributed by atoms with Crippen molar-refractivity contribution in [2.75, 3.05) is 13.2 Å². The first-order valence-electron chi connectivity index (χ1n) is 8.99. The standard InChI is InChI=1S/C21H24N2O2/c1-2-24-18-10-8-17(9-11-18)21-20-7-3-12-22(20)13-5-14-23(21)16-19-6-4-15-25-19/h3-4,6-12,15,21H,2,5,13-14,16H2,1H3. The second kappa shape index (κ2) is 7.19. The Morgan fingerprint density at radius 1 is 1.08 bits per heavy atom. The van der Waals surface area contributed by atoms with E-state index in [0.717, 1.165) is 37.6 Å². The SMILES string of the molecule is CCOc1ccc(C2c3cccn3CCCN2Cc2ccco2)cc1. The summed E-state index contributed by atoms with van der Waals surface area (Å²) in [6, 6.07) is 17.1. The van der Waals surface area contributed by atoms with Crippen molar-refractivity contribution in [3.63, 3.8) is 0 Å². The van der Waals surface area contributed by atoms with Gasteiger partial charge in [0, 0.05) is 25.0 Å². The molecule has 3 heterocycles. The molecule has 3 aromatic rings. The van der Waals surface area contributed by atoms with Gasteiger partial charge in [-0.25, -0.2) is 0 Å². The summed E-state index contributed by atoms with van der Waals surface area (Å²) in [5, 5.41) is 0. The highest BCUT2D eigenvalue weighted by atomic mass is 16.5. The Hall–Kier alpha value is -2.46. The van der Waals surface area contributed by atoms with Crippen LogP contribution in [0.25, 0.3) is 0 Å². The zero-order valence-corrected chi connectivity index (χ0v) is 14.6. The largest absolute Gasteiger partial charge is 0.494 e. The molecule has 1 atom stereocenters. The number of fused-ring (bicyclic) bond motifs is 1. The van der Waals surface area contributed by atoms with Gasteiger partial charge in [-0.1, -0.05) is 12.1 Å². The molecule has 0 bridgehead atoms. The van der Waals surface area contributed by atoms with Crippen LogP contribution in [0.3, 0.4) is 0 Å². The number of aryl methyl sites for hydroxylation is 1. The Morgan fingerprint density at radius 3 is 2.72 bits per heavy atom. The molecule has 130 valence electrons. The molecule has 0 aliphatic carbocycles. The lowest BCUT2D eigenvalue weighted by molar-refractivity contribution is 0.203. The molecule has 1 unspecified atom stereocenters. The predicted octanol–water partition coefficient (Wildman–Crippen LogP) is 4.48. The molecule has 0 radical (unpaired) electrons. The number of nitrogens with zero attached hydrogens (tertiary/aromatic N) is 2. The molecule has 4 nitrogen and oxygen atoms in total. The summed E-state index contributed by atoms with van der Waals surface area (Å²) in [6.07, 6.45) is 5.07. The van der Waals surface area contributed by atoms with Gasteiger partial charge in [-0.3, -0.25) is 4.90 Å². The zero-order chi connectivity index (χ0) is 17.1. The third-order valence-electron chi connectivity index (χ3n) is 4.80. The number of benzene rings is 1. The van der Waals surface area contributed by atoms with Gasteiger partial charge in [-0.15, -0.1) is 0 Å². The maximum absolute atomic E-state index is 5.61. The smallest absolute Gasteiger partial charge is 0.119 e. The number of ether oxygens (including phenoxy) is 1. The van der Waals surface area contributed by atoms with Crippen molar-refractivity contribution in [1.29, 1.82) is 0 Å². The lowest BCUT2D eigenvalue weighted by atomic mass is 10.0. The van der Waals surface area contributed by atoms with Crippen molar-refractivity contribution in [2.45, 2.75) is 32.5 Å². The van der Waals surface area contributed by atoms with Crippen LogP contribution in [0.5, 0.6) is 5.75 Å². The van der Waals surface area contributed by atoms with Crippen molar-refractivity contribution >= 4 is 0 Å². The third-order valence-corrected chi connectivity index (χ3v) is 4.80. The summed E-state index contributed by atoms with van der Waals surface area (Å²) in [5.74, 6) is 1.93. The van der Waals surface area contributed by atoms with Crippen LogP contribution >= 0.6 is 0 Å². The second-order valence-corrected chi connectivity index (χ2v) is 6.43. The quantitative estimate of drug-likeness (QED) is 0.688. The monoisotopic (exact) mass is 336 g/mol. The van der Waals surface area contributed by atoms with E-state index >= 15 is 0 Å². The third kappa shape index (κ3) is 3.35. The fraction of sp³-hybridized carbons (Fsp3) is 0.333. The minimum absolute atomic E-state index is 0.221. The summed E-state index contributed by atoms with van der Waals surface area (Å²) >= 11 is 0. The van der Waals surface area contributed by atoms with Gasteiger partial charge in [0.05, 0.1) is 25.5 Å². The maximum Gasteiger partial charge on any atom is 0.119 e. The van der Waals surface area contributed by atoms with Gasteiger partial charge in [0.25, 0.3) is 0 Å². The second-order valence-electron chi connectivity index (χ2n) is 6.43. The highest BCUT2D eigenvalue weighted by Crippen LogP contribution is 2.33. The van der Waals surface area contributed by atoms with Crippen LogP contribution < -0.4 is 4.74 Å². The molecule has 0 spiro atoms. The van der Waals surface area contributed by atoms with Gasteiger partial charge in [0.2, 0.25) is 0 Å². The van der Waals surface area contributed by atoms with Gasteiger partial charge >= 0.3 is 0 Å². The minimum Gasteiger partial charge on any atom is -0.494 e. The molecular weight excluding hydrogens is 312 g/mol. The van der Waals surface area contributed by atoms with E-state index in [0.29, 0.717) is 6.61 Å². The summed E-state index contributed by atoms with van der Waals surface area (Å²) < 4.78 is 13.6. The van der Waals surface area contributed by atoms with Crippen molar-refractivity contribution < 1.29 is 9.15 Å². The Labute approximate surface area is 148 Å². The molecule has 0 amide bonds. The van der Waals surface area contributed by atoms with E-state index in [1.54, 1.807) is 6.26 Å². The topological polar surface area (TPSA) is 30.5 Å². The highest BCUT2D eigenvalue weighted by molar-refractivity contribution is 5.34. The Bertz CT molecular complexity index is 790. The van der Waals surface area contributed by atoms with E-state index in [1.165, 1.54) is 11.3 Å². The normalized spacial score (nSPS) is 17.9. The molecule has 4 rings (SSSR count). The van der Waals surface area contributed by atoms with Crippen molar-refractivity contribution in [2.24, 2.45) is 0 Å². The van der Waals surface area contributed by atoms with Gasteiger partial charge < -0.3 is 13.7 Å². The summed E-state index contributed by atoms with van der Waals surface area (Å²) in [7, 11) is 0. The number of furan rings is 1. The highest BCUT2D eigenvalue weighted by Gasteiger charge is 2.27. The van der Waals surface area contributed by atoms with Crippen LogP contribution in [0.2, 0.25) is 0 Å². The maximum atomic E-state index is 5.61. The van der Waals surface area contributed by atoms with Crippen LogP contribution in [-0.4, -0.2) is 22.6 Å². The van der Waals surface area contributed by atoms with Crippen molar-refractivity contribution in [1.82, 2.24) is 9.47 Å². The summed E-state index contributed by atoms with van der Waals surface area (Å²) in [6.45, 7) is 5.62. The molecule has 2 aromatic heterocycles. The van der Waals surface area contributed by atoms with Crippen LogP contribution in [0.4, 0.5) is 0 Å². The van der Waals surface area contributed by atoms with Gasteiger partial charge in [0.15, 0.2) is 0 Å². The summed E-state index contributed by atoms with van der Waals surface area (Å²) in [5.41, 5.74) is 2.63. The predicted molar refractivity (Wildman–Crippen MR) is 97.6 cm³/mol. The molecular formula is C21H24N2O2. The molecule has 1 aliphatic rings. The van der Waals surface area contributed by atoms with Gasteiger partial charge in [0.1, 0.15) is 11.5 Å². The number of hydrogen-bond acceptors (Lipinski definition) is 3. The van der Waals surface area contributed by atoms with E-state index in [1.807, 2.05) is 13.0 Å². The lowest BCUT2D eigenvalue weighted by Gasteiger charge is -2.30. The van der Waals surface area contributed by atoms with E-state index in [-0.39, 0.29) is 6.04 Å². The molecule has 1 aromatic carbocycles. The summed E-state index contributed by atoms with van der Waals surface area (Å²) in [4.78, 5) is 2.51. The van der Waals surface area contributed by atoms with Crippen LogP contribution in [0.1, 0.15) is 36.4 Å². The lowest BCUT2D eigenvalue weighted by Crippen LogP contribution is -2.29. The average molecular weight is 336 g/mol. The molecule has 0 N–H and O–H groups in total. The Balaban J connectivity index is 1.70.